The third-order valence-electron chi connectivity index (χ3n) is 4.81. The van der Waals surface area contributed by atoms with Crippen LogP contribution in [-0.2, 0) is 0 Å². The Morgan fingerprint density at radius 1 is 1.14 bits per heavy atom. The van der Waals surface area contributed by atoms with Crippen LogP contribution in [0.1, 0.15) is 31.9 Å². The van der Waals surface area contributed by atoms with Crippen molar-refractivity contribution in [1.29, 1.82) is 0 Å². The first kappa shape index (κ1) is 16.3. The molecule has 0 aliphatic carbocycles. The van der Waals surface area contributed by atoms with Gasteiger partial charge in [-0.1, -0.05) is 43.3 Å². The number of nitrogens with zero attached hydrogens (tertiary/aromatic N) is 1. The summed E-state index contributed by atoms with van der Waals surface area (Å²) >= 11 is 0. The molecule has 0 spiro atoms. The summed E-state index contributed by atoms with van der Waals surface area (Å²) in [5.74, 6) is 0.589. The van der Waals surface area contributed by atoms with E-state index in [9.17, 15) is 0 Å². The van der Waals surface area contributed by atoms with E-state index in [-0.39, 0.29) is 12.4 Å². The number of hydrogen-bond acceptors (Lipinski definition) is 2. The molecular formula is C18H25ClN2. The highest BCUT2D eigenvalue weighted by Gasteiger charge is 2.26. The van der Waals surface area contributed by atoms with Crippen LogP contribution in [0.15, 0.2) is 42.5 Å². The molecular weight excluding hydrogens is 280 g/mol. The Bertz CT molecular complexity index is 599. The van der Waals surface area contributed by atoms with Crippen molar-refractivity contribution in [2.75, 3.05) is 13.1 Å². The summed E-state index contributed by atoms with van der Waals surface area (Å²) in [5, 5.41) is 2.65. The number of halogens is 1. The molecule has 3 atom stereocenters. The molecule has 3 heteroatoms. The van der Waals surface area contributed by atoms with Crippen LogP contribution in [0.5, 0.6) is 0 Å². The first-order valence-electron chi connectivity index (χ1n) is 7.63. The van der Waals surface area contributed by atoms with Crippen molar-refractivity contribution < 1.29 is 0 Å². The van der Waals surface area contributed by atoms with Crippen LogP contribution >= 0.6 is 12.4 Å². The molecule has 0 amide bonds. The van der Waals surface area contributed by atoms with Gasteiger partial charge in [0.15, 0.2) is 0 Å². The SMILES string of the molecule is CC1CN(C(C)c2ccc3ccccc3c2)CCC1N.Cl. The number of hydrogen-bond donors (Lipinski definition) is 1. The van der Waals surface area contributed by atoms with Crippen molar-refractivity contribution in [2.24, 2.45) is 11.7 Å². The van der Waals surface area contributed by atoms with Gasteiger partial charge >= 0.3 is 0 Å². The van der Waals surface area contributed by atoms with Crippen molar-refractivity contribution in [3.05, 3.63) is 48.0 Å². The van der Waals surface area contributed by atoms with E-state index in [4.69, 9.17) is 5.73 Å². The first-order chi connectivity index (χ1) is 9.65. The monoisotopic (exact) mass is 304 g/mol. The summed E-state index contributed by atoms with van der Waals surface area (Å²) in [4.78, 5) is 2.57. The summed E-state index contributed by atoms with van der Waals surface area (Å²) < 4.78 is 0. The van der Waals surface area contributed by atoms with Crippen LogP contribution in [0.3, 0.4) is 0 Å². The van der Waals surface area contributed by atoms with Crippen molar-refractivity contribution in [3.63, 3.8) is 0 Å². The summed E-state index contributed by atoms with van der Waals surface area (Å²) in [7, 11) is 0. The van der Waals surface area contributed by atoms with Gasteiger partial charge in [-0.15, -0.1) is 12.4 Å². The maximum Gasteiger partial charge on any atom is 0.0320 e. The average molecular weight is 305 g/mol. The van der Waals surface area contributed by atoms with E-state index >= 15 is 0 Å². The number of rotatable bonds is 2. The number of piperidine rings is 1. The van der Waals surface area contributed by atoms with Crippen LogP contribution in [0, 0.1) is 5.92 Å². The Morgan fingerprint density at radius 2 is 1.86 bits per heavy atom. The van der Waals surface area contributed by atoms with Gasteiger partial charge in [0, 0.05) is 25.2 Å². The van der Waals surface area contributed by atoms with E-state index in [0.29, 0.717) is 18.0 Å². The van der Waals surface area contributed by atoms with Crippen LogP contribution in [0.25, 0.3) is 10.8 Å². The van der Waals surface area contributed by atoms with Crippen molar-refractivity contribution >= 4 is 23.2 Å². The minimum Gasteiger partial charge on any atom is -0.327 e. The topological polar surface area (TPSA) is 29.3 Å². The predicted octanol–water partition coefficient (Wildman–Crippen LogP) is 3.99. The van der Waals surface area contributed by atoms with Gasteiger partial charge in [0.25, 0.3) is 0 Å². The molecule has 0 radical (unpaired) electrons. The molecule has 3 unspecified atom stereocenters. The van der Waals surface area contributed by atoms with Crippen molar-refractivity contribution in [1.82, 2.24) is 4.90 Å². The van der Waals surface area contributed by atoms with Gasteiger partial charge in [-0.3, -0.25) is 4.90 Å². The zero-order valence-electron chi connectivity index (χ0n) is 12.8. The van der Waals surface area contributed by atoms with Gasteiger partial charge in [-0.2, -0.15) is 0 Å². The molecule has 2 aromatic carbocycles. The Balaban J connectivity index is 0.00000161. The molecule has 0 saturated carbocycles. The summed E-state index contributed by atoms with van der Waals surface area (Å²) in [6.45, 7) is 6.80. The van der Waals surface area contributed by atoms with Crippen LogP contribution in [0.2, 0.25) is 0 Å². The highest BCUT2D eigenvalue weighted by Crippen LogP contribution is 2.28. The van der Waals surface area contributed by atoms with E-state index in [1.54, 1.807) is 0 Å². The Kier molecular flexibility index (Phi) is 5.26. The third-order valence-corrected chi connectivity index (χ3v) is 4.81. The predicted molar refractivity (Wildman–Crippen MR) is 92.9 cm³/mol. The molecule has 2 nitrogen and oxygen atoms in total. The Hall–Kier alpha value is -1.09. The van der Waals surface area contributed by atoms with Gasteiger partial charge in [0.2, 0.25) is 0 Å². The van der Waals surface area contributed by atoms with Crippen LogP contribution in [-0.4, -0.2) is 24.0 Å². The fraction of sp³-hybridized carbons (Fsp3) is 0.444. The van der Waals surface area contributed by atoms with Crippen LogP contribution in [0.4, 0.5) is 0 Å². The number of nitrogens with two attached hydrogens (primary N) is 1. The summed E-state index contributed by atoms with van der Waals surface area (Å²) in [6, 6.07) is 16.2. The number of benzene rings is 2. The van der Waals surface area contributed by atoms with Gasteiger partial charge in [-0.05, 0) is 41.7 Å². The second-order valence-corrected chi connectivity index (χ2v) is 6.21. The molecule has 1 heterocycles. The molecule has 0 bridgehead atoms. The minimum atomic E-state index is 0. The molecule has 1 aliphatic heterocycles. The zero-order valence-corrected chi connectivity index (χ0v) is 13.6. The smallest absolute Gasteiger partial charge is 0.0320 e. The van der Waals surface area contributed by atoms with E-state index in [1.807, 2.05) is 0 Å². The van der Waals surface area contributed by atoms with E-state index in [1.165, 1.54) is 16.3 Å². The molecule has 1 saturated heterocycles. The minimum absolute atomic E-state index is 0. The standard InChI is InChI=1S/C18H24N2.ClH/c1-13-12-20(10-9-18(13)19)14(2)16-8-7-15-5-3-4-6-17(15)11-16;/h3-8,11,13-14,18H,9-10,12,19H2,1-2H3;1H. The lowest BCUT2D eigenvalue weighted by atomic mass is 9.92. The lowest BCUT2D eigenvalue weighted by molar-refractivity contribution is 0.124. The number of likely N-dealkylation sites (tertiary alicyclic amines) is 1. The molecule has 114 valence electrons. The largest absolute Gasteiger partial charge is 0.327 e. The van der Waals surface area contributed by atoms with Crippen molar-refractivity contribution in [3.8, 4) is 0 Å². The van der Waals surface area contributed by atoms with E-state index in [0.717, 1.165) is 19.5 Å². The zero-order chi connectivity index (χ0) is 14.1. The van der Waals surface area contributed by atoms with Gasteiger partial charge in [0.1, 0.15) is 0 Å². The Morgan fingerprint density at radius 3 is 2.57 bits per heavy atom. The fourth-order valence-corrected chi connectivity index (χ4v) is 3.23. The molecule has 21 heavy (non-hydrogen) atoms. The van der Waals surface area contributed by atoms with Crippen molar-refractivity contribution in [2.45, 2.75) is 32.4 Å². The molecule has 2 aromatic rings. The quantitative estimate of drug-likeness (QED) is 0.909. The molecule has 1 aliphatic rings. The second-order valence-electron chi connectivity index (χ2n) is 6.21. The molecule has 1 fully saturated rings. The van der Waals surface area contributed by atoms with E-state index < -0.39 is 0 Å². The second kappa shape index (κ2) is 6.78. The van der Waals surface area contributed by atoms with Crippen LogP contribution < -0.4 is 5.73 Å². The first-order valence-corrected chi connectivity index (χ1v) is 7.63. The van der Waals surface area contributed by atoms with Gasteiger partial charge < -0.3 is 5.73 Å². The maximum absolute atomic E-state index is 6.13. The maximum atomic E-state index is 6.13. The lowest BCUT2D eigenvalue weighted by Crippen LogP contribution is -2.46. The van der Waals surface area contributed by atoms with Gasteiger partial charge in [-0.25, -0.2) is 0 Å². The highest BCUT2D eigenvalue weighted by atomic mass is 35.5. The summed E-state index contributed by atoms with van der Waals surface area (Å²) in [5.41, 5.74) is 7.54. The molecule has 3 rings (SSSR count). The highest BCUT2D eigenvalue weighted by molar-refractivity contribution is 5.85. The Labute approximate surface area is 133 Å². The average Bonchev–Trinajstić information content (AvgIpc) is 2.49. The summed E-state index contributed by atoms with van der Waals surface area (Å²) in [6.07, 6.45) is 1.11. The molecule has 0 aromatic heterocycles. The number of fused-ring (bicyclic) bond motifs is 1. The molecule has 2 N–H and O–H groups in total. The third kappa shape index (κ3) is 3.39. The van der Waals surface area contributed by atoms with E-state index in [2.05, 4.69) is 61.2 Å². The fourth-order valence-electron chi connectivity index (χ4n) is 3.23. The van der Waals surface area contributed by atoms with Gasteiger partial charge in [0.05, 0.1) is 0 Å². The normalized spacial score (nSPS) is 24.5. The lowest BCUT2D eigenvalue weighted by Gasteiger charge is -2.39.